The summed E-state index contributed by atoms with van der Waals surface area (Å²) in [5, 5.41) is 8.19. The maximum atomic E-state index is 11.7. The highest BCUT2D eigenvalue weighted by atomic mass is 16.5. The molecule has 19 heavy (non-hydrogen) atoms. The Labute approximate surface area is 109 Å². The minimum Gasteiger partial charge on any atom is -0.461 e. The molecular formula is C13H12N4O2. The SMILES string of the molecule is CCOC(=O)c1ncn2c1nnc1cc(C)ccc12. The number of hydrogen-bond acceptors (Lipinski definition) is 5. The van der Waals surface area contributed by atoms with E-state index < -0.39 is 5.97 Å². The Kier molecular flexibility index (Phi) is 2.63. The number of hydrogen-bond donors (Lipinski definition) is 0. The Balaban J connectivity index is 2.25. The minimum absolute atomic E-state index is 0.192. The number of imidazole rings is 1. The van der Waals surface area contributed by atoms with Gasteiger partial charge in [-0.25, -0.2) is 9.78 Å². The summed E-state index contributed by atoms with van der Waals surface area (Å²) in [7, 11) is 0. The molecule has 6 nitrogen and oxygen atoms in total. The lowest BCUT2D eigenvalue weighted by Crippen LogP contribution is -2.07. The highest BCUT2D eigenvalue weighted by Crippen LogP contribution is 2.16. The molecule has 2 aromatic heterocycles. The van der Waals surface area contributed by atoms with Crippen molar-refractivity contribution in [3.05, 3.63) is 35.8 Å². The van der Waals surface area contributed by atoms with Gasteiger partial charge in [-0.3, -0.25) is 4.40 Å². The van der Waals surface area contributed by atoms with E-state index in [0.717, 1.165) is 16.6 Å². The van der Waals surface area contributed by atoms with Crippen LogP contribution in [0.4, 0.5) is 0 Å². The van der Waals surface area contributed by atoms with E-state index in [1.54, 1.807) is 17.7 Å². The van der Waals surface area contributed by atoms with Crippen LogP contribution in [0.15, 0.2) is 24.5 Å². The Morgan fingerprint density at radius 2 is 2.21 bits per heavy atom. The third-order valence-corrected chi connectivity index (χ3v) is 2.85. The number of carbonyl (C=O) groups is 1. The standard InChI is InChI=1S/C13H12N4O2/c1-3-19-13(18)11-12-16-15-9-6-8(2)4-5-10(9)17(12)7-14-11/h4-7H,3H2,1-2H3. The lowest BCUT2D eigenvalue weighted by Gasteiger charge is -2.02. The van der Waals surface area contributed by atoms with Crippen molar-refractivity contribution >= 4 is 22.6 Å². The van der Waals surface area contributed by atoms with Crippen LogP contribution in [0.3, 0.4) is 0 Å². The van der Waals surface area contributed by atoms with E-state index in [-0.39, 0.29) is 5.69 Å². The molecule has 3 rings (SSSR count). The molecular weight excluding hydrogens is 244 g/mol. The van der Waals surface area contributed by atoms with Crippen LogP contribution in [-0.2, 0) is 4.74 Å². The molecule has 1 aromatic carbocycles. The van der Waals surface area contributed by atoms with Crippen molar-refractivity contribution in [3.63, 3.8) is 0 Å². The first kappa shape index (κ1) is 11.6. The van der Waals surface area contributed by atoms with E-state index in [0.29, 0.717) is 12.3 Å². The van der Waals surface area contributed by atoms with E-state index in [9.17, 15) is 4.79 Å². The van der Waals surface area contributed by atoms with Crippen molar-refractivity contribution in [2.24, 2.45) is 0 Å². The number of nitrogens with zero attached hydrogens (tertiary/aromatic N) is 4. The smallest absolute Gasteiger partial charge is 0.360 e. The topological polar surface area (TPSA) is 69.4 Å². The largest absolute Gasteiger partial charge is 0.461 e. The second-order valence-electron chi connectivity index (χ2n) is 4.20. The molecule has 0 unspecified atom stereocenters. The van der Waals surface area contributed by atoms with Gasteiger partial charge in [0.15, 0.2) is 11.3 Å². The van der Waals surface area contributed by atoms with E-state index in [2.05, 4.69) is 15.2 Å². The Morgan fingerprint density at radius 1 is 1.37 bits per heavy atom. The summed E-state index contributed by atoms with van der Waals surface area (Å²) in [6.07, 6.45) is 1.56. The van der Waals surface area contributed by atoms with E-state index in [1.807, 2.05) is 25.1 Å². The number of fused-ring (bicyclic) bond motifs is 3. The number of rotatable bonds is 2. The van der Waals surface area contributed by atoms with Crippen molar-refractivity contribution in [1.82, 2.24) is 19.6 Å². The molecule has 3 aromatic rings. The number of esters is 1. The first-order valence-corrected chi connectivity index (χ1v) is 5.98. The van der Waals surface area contributed by atoms with Gasteiger partial charge in [-0.1, -0.05) is 6.07 Å². The number of benzene rings is 1. The molecule has 6 heteroatoms. The quantitative estimate of drug-likeness (QED) is 0.653. The van der Waals surface area contributed by atoms with Crippen molar-refractivity contribution in [2.45, 2.75) is 13.8 Å². The van der Waals surface area contributed by atoms with Crippen LogP contribution < -0.4 is 0 Å². The predicted octanol–water partition coefficient (Wildman–Crippen LogP) is 1.76. The molecule has 0 saturated heterocycles. The third kappa shape index (κ3) is 1.81. The van der Waals surface area contributed by atoms with Gasteiger partial charge in [0.05, 0.1) is 12.1 Å². The van der Waals surface area contributed by atoms with Crippen LogP contribution in [0.5, 0.6) is 0 Å². The van der Waals surface area contributed by atoms with E-state index >= 15 is 0 Å². The summed E-state index contributed by atoms with van der Waals surface area (Å²) < 4.78 is 6.69. The second-order valence-corrected chi connectivity index (χ2v) is 4.20. The zero-order valence-electron chi connectivity index (χ0n) is 10.6. The van der Waals surface area contributed by atoms with Gasteiger partial charge < -0.3 is 4.74 Å². The second kappa shape index (κ2) is 4.31. The molecule has 0 saturated carbocycles. The van der Waals surface area contributed by atoms with Crippen LogP contribution in [0, 0.1) is 6.92 Å². The maximum Gasteiger partial charge on any atom is 0.360 e. The zero-order valence-corrected chi connectivity index (χ0v) is 10.6. The molecule has 0 fully saturated rings. The molecule has 0 aliphatic rings. The van der Waals surface area contributed by atoms with Crippen LogP contribution in [-0.4, -0.2) is 32.2 Å². The van der Waals surface area contributed by atoms with E-state index in [4.69, 9.17) is 4.74 Å². The zero-order chi connectivity index (χ0) is 13.4. The fourth-order valence-corrected chi connectivity index (χ4v) is 1.98. The molecule has 0 aliphatic carbocycles. The van der Waals surface area contributed by atoms with Crippen LogP contribution >= 0.6 is 0 Å². The predicted molar refractivity (Wildman–Crippen MR) is 69.0 cm³/mol. The molecule has 0 N–H and O–H groups in total. The van der Waals surface area contributed by atoms with Crippen molar-refractivity contribution in [3.8, 4) is 0 Å². The normalized spacial score (nSPS) is 11.1. The van der Waals surface area contributed by atoms with Gasteiger partial charge in [0.25, 0.3) is 0 Å². The third-order valence-electron chi connectivity index (χ3n) is 2.85. The van der Waals surface area contributed by atoms with Crippen LogP contribution in [0.25, 0.3) is 16.7 Å². The maximum absolute atomic E-state index is 11.7. The van der Waals surface area contributed by atoms with Crippen molar-refractivity contribution < 1.29 is 9.53 Å². The molecule has 0 spiro atoms. The van der Waals surface area contributed by atoms with Gasteiger partial charge in [0.2, 0.25) is 0 Å². The van der Waals surface area contributed by atoms with Gasteiger partial charge in [0, 0.05) is 0 Å². The first-order chi connectivity index (χ1) is 9.20. The average molecular weight is 256 g/mol. The Hall–Kier alpha value is -2.50. The Morgan fingerprint density at radius 3 is 3.00 bits per heavy atom. The fourth-order valence-electron chi connectivity index (χ4n) is 1.98. The molecule has 0 bridgehead atoms. The average Bonchev–Trinajstić information content (AvgIpc) is 2.82. The van der Waals surface area contributed by atoms with Gasteiger partial charge in [-0.15, -0.1) is 10.2 Å². The highest BCUT2D eigenvalue weighted by molar-refractivity contribution is 5.94. The summed E-state index contributed by atoms with van der Waals surface area (Å²) in [6, 6.07) is 5.85. The molecule has 96 valence electrons. The van der Waals surface area contributed by atoms with E-state index in [1.165, 1.54) is 0 Å². The monoisotopic (exact) mass is 256 g/mol. The summed E-state index contributed by atoms with van der Waals surface area (Å²) in [6.45, 7) is 4.04. The van der Waals surface area contributed by atoms with Crippen LogP contribution in [0.1, 0.15) is 23.0 Å². The number of carbonyl (C=O) groups excluding carboxylic acids is 1. The van der Waals surface area contributed by atoms with Crippen molar-refractivity contribution in [1.29, 1.82) is 0 Å². The van der Waals surface area contributed by atoms with Gasteiger partial charge in [-0.2, -0.15) is 0 Å². The molecule has 0 aliphatic heterocycles. The van der Waals surface area contributed by atoms with Gasteiger partial charge in [0.1, 0.15) is 11.8 Å². The summed E-state index contributed by atoms with van der Waals surface area (Å²) >= 11 is 0. The molecule has 0 atom stereocenters. The van der Waals surface area contributed by atoms with Gasteiger partial charge >= 0.3 is 5.97 Å². The number of aryl methyl sites for hydroxylation is 1. The highest BCUT2D eigenvalue weighted by Gasteiger charge is 2.17. The summed E-state index contributed by atoms with van der Waals surface area (Å²) in [4.78, 5) is 15.8. The number of ether oxygens (including phenoxy) is 1. The van der Waals surface area contributed by atoms with Crippen molar-refractivity contribution in [2.75, 3.05) is 6.61 Å². The summed E-state index contributed by atoms with van der Waals surface area (Å²) in [5.74, 6) is -0.481. The first-order valence-electron chi connectivity index (χ1n) is 5.98. The fraction of sp³-hybridized carbons (Fsp3) is 0.231. The van der Waals surface area contributed by atoms with Gasteiger partial charge in [-0.05, 0) is 31.5 Å². The minimum atomic E-state index is -0.481. The molecule has 0 radical (unpaired) electrons. The lowest BCUT2D eigenvalue weighted by atomic mass is 10.2. The lowest BCUT2D eigenvalue weighted by molar-refractivity contribution is 0.0522. The van der Waals surface area contributed by atoms with Crippen LogP contribution in [0.2, 0.25) is 0 Å². The molecule has 0 amide bonds. The summed E-state index contributed by atoms with van der Waals surface area (Å²) in [5.41, 5.74) is 3.33. The Bertz CT molecular complexity index is 779. The number of aromatic nitrogens is 4. The molecule has 2 heterocycles.